The normalized spacial score (nSPS) is 11.7. The minimum Gasteiger partial charge on any atom is -0.484 e. The number of aromatic nitrogens is 2. The number of hydrogen-bond acceptors (Lipinski definition) is 4. The smallest absolute Gasteiger partial charge is 0.255 e. The molecular weight excluding hydrogens is 272 g/mol. The lowest BCUT2D eigenvalue weighted by molar-refractivity contribution is -0.119. The average Bonchev–Trinajstić information content (AvgIpc) is 3.00. The number of hydrogen-bond donors (Lipinski definition) is 3. The molecule has 0 aliphatic carbocycles. The van der Waals surface area contributed by atoms with Crippen LogP contribution in [-0.4, -0.2) is 28.6 Å². The van der Waals surface area contributed by atoms with Gasteiger partial charge in [-0.3, -0.25) is 14.7 Å². The molecule has 0 aliphatic heterocycles. The molecule has 2 rings (SSSR count). The van der Waals surface area contributed by atoms with E-state index in [0.717, 1.165) is 5.56 Å². The van der Waals surface area contributed by atoms with E-state index in [-0.39, 0.29) is 18.6 Å². The highest BCUT2D eigenvalue weighted by atomic mass is 16.5. The topological polar surface area (TPSA) is 110 Å². The predicted molar refractivity (Wildman–Crippen MR) is 75.6 cm³/mol. The Labute approximate surface area is 121 Å². The summed E-state index contributed by atoms with van der Waals surface area (Å²) in [5.74, 6) is -0.274. The Morgan fingerprint density at radius 2 is 2.10 bits per heavy atom. The lowest BCUT2D eigenvalue weighted by Gasteiger charge is -2.12. The maximum atomic E-state index is 12.1. The zero-order valence-electron chi connectivity index (χ0n) is 11.5. The Kier molecular flexibility index (Phi) is 4.55. The number of nitrogens with two attached hydrogens (primary N) is 1. The predicted octanol–water partition coefficient (Wildman–Crippen LogP) is 0.765. The van der Waals surface area contributed by atoms with Crippen molar-refractivity contribution >= 4 is 11.8 Å². The van der Waals surface area contributed by atoms with Gasteiger partial charge < -0.3 is 15.8 Å². The first-order valence-corrected chi connectivity index (χ1v) is 6.37. The van der Waals surface area contributed by atoms with Gasteiger partial charge in [0.15, 0.2) is 6.61 Å². The zero-order valence-corrected chi connectivity index (χ0v) is 11.5. The Hall–Kier alpha value is -2.83. The number of rotatable bonds is 6. The summed E-state index contributed by atoms with van der Waals surface area (Å²) in [4.78, 5) is 22.7. The molecule has 2 aromatic rings. The second-order valence-electron chi connectivity index (χ2n) is 4.51. The maximum Gasteiger partial charge on any atom is 0.255 e. The molecule has 0 saturated carbocycles. The van der Waals surface area contributed by atoms with Crippen LogP contribution in [0.3, 0.4) is 0 Å². The van der Waals surface area contributed by atoms with Crippen LogP contribution >= 0.6 is 0 Å². The fourth-order valence-corrected chi connectivity index (χ4v) is 1.72. The van der Waals surface area contributed by atoms with E-state index >= 15 is 0 Å². The highest BCUT2D eigenvalue weighted by Crippen LogP contribution is 2.14. The van der Waals surface area contributed by atoms with Crippen molar-refractivity contribution < 1.29 is 14.3 Å². The Bertz CT molecular complexity index is 608. The van der Waals surface area contributed by atoms with Crippen molar-refractivity contribution in [2.24, 2.45) is 5.73 Å². The van der Waals surface area contributed by atoms with Crippen LogP contribution < -0.4 is 15.8 Å². The second-order valence-corrected chi connectivity index (χ2v) is 4.51. The number of nitrogens with zero attached hydrogens (tertiary/aromatic N) is 1. The molecule has 7 nitrogen and oxygen atoms in total. The Balaban J connectivity index is 1.95. The van der Waals surface area contributed by atoms with Gasteiger partial charge in [-0.05, 0) is 31.2 Å². The van der Waals surface area contributed by atoms with Crippen molar-refractivity contribution in [2.45, 2.75) is 13.0 Å². The third-order valence-corrected chi connectivity index (χ3v) is 2.86. The highest BCUT2D eigenvalue weighted by molar-refractivity contribution is 5.94. The summed E-state index contributed by atoms with van der Waals surface area (Å²) in [6, 6.07) is 6.31. The first kappa shape index (κ1) is 14.6. The SMILES string of the molecule is CC(NC(=O)c1ccc(OCC(N)=O)cc1)c1cn[nH]c1. The van der Waals surface area contributed by atoms with Gasteiger partial charge in [-0.1, -0.05) is 0 Å². The molecule has 2 amide bonds. The molecule has 1 aromatic carbocycles. The van der Waals surface area contributed by atoms with Crippen molar-refractivity contribution in [3.63, 3.8) is 0 Å². The van der Waals surface area contributed by atoms with Gasteiger partial charge in [0.1, 0.15) is 5.75 Å². The summed E-state index contributed by atoms with van der Waals surface area (Å²) < 4.78 is 5.12. The standard InChI is InChI=1S/C14H16N4O3/c1-9(11-6-16-17-7-11)18-14(20)10-2-4-12(5-3-10)21-8-13(15)19/h2-7,9H,8H2,1H3,(H2,15,19)(H,16,17)(H,18,20). The van der Waals surface area contributed by atoms with Crippen LogP contribution in [0, 0.1) is 0 Å². The van der Waals surface area contributed by atoms with Crippen molar-refractivity contribution in [3.05, 3.63) is 47.8 Å². The van der Waals surface area contributed by atoms with Gasteiger partial charge in [0.2, 0.25) is 0 Å². The molecule has 110 valence electrons. The van der Waals surface area contributed by atoms with Crippen LogP contribution in [-0.2, 0) is 4.79 Å². The van der Waals surface area contributed by atoms with E-state index in [0.29, 0.717) is 11.3 Å². The molecule has 1 aromatic heterocycles. The summed E-state index contributed by atoms with van der Waals surface area (Å²) in [5.41, 5.74) is 6.37. The monoisotopic (exact) mass is 288 g/mol. The third kappa shape index (κ3) is 4.07. The number of ether oxygens (including phenoxy) is 1. The highest BCUT2D eigenvalue weighted by Gasteiger charge is 2.12. The molecule has 0 radical (unpaired) electrons. The first-order chi connectivity index (χ1) is 10.1. The number of H-pyrrole nitrogens is 1. The fraction of sp³-hybridized carbons (Fsp3) is 0.214. The van der Waals surface area contributed by atoms with Gasteiger partial charge in [0.25, 0.3) is 11.8 Å². The van der Waals surface area contributed by atoms with Gasteiger partial charge in [0.05, 0.1) is 12.2 Å². The van der Waals surface area contributed by atoms with Gasteiger partial charge in [0, 0.05) is 17.3 Å². The molecule has 1 unspecified atom stereocenters. The van der Waals surface area contributed by atoms with Gasteiger partial charge in [-0.25, -0.2) is 0 Å². The summed E-state index contributed by atoms with van der Waals surface area (Å²) in [6.45, 7) is 1.68. The second kappa shape index (κ2) is 6.56. The molecule has 7 heteroatoms. The average molecular weight is 288 g/mol. The van der Waals surface area contributed by atoms with Crippen LogP contribution in [0.25, 0.3) is 0 Å². The van der Waals surface area contributed by atoms with Crippen molar-refractivity contribution in [2.75, 3.05) is 6.61 Å². The molecular formula is C14H16N4O3. The van der Waals surface area contributed by atoms with Gasteiger partial charge >= 0.3 is 0 Å². The Morgan fingerprint density at radius 3 is 2.67 bits per heavy atom. The number of primary amides is 1. The fourth-order valence-electron chi connectivity index (χ4n) is 1.72. The summed E-state index contributed by atoms with van der Waals surface area (Å²) in [7, 11) is 0. The van der Waals surface area contributed by atoms with Gasteiger partial charge in [-0.15, -0.1) is 0 Å². The number of aromatic amines is 1. The molecule has 4 N–H and O–H groups in total. The third-order valence-electron chi connectivity index (χ3n) is 2.86. The minimum absolute atomic E-state index is 0.151. The zero-order chi connectivity index (χ0) is 15.2. The van der Waals surface area contributed by atoms with Crippen LogP contribution in [0.15, 0.2) is 36.7 Å². The summed E-state index contributed by atoms with van der Waals surface area (Å²) in [6.07, 6.45) is 3.39. The molecule has 0 bridgehead atoms. The van der Waals surface area contributed by atoms with E-state index in [2.05, 4.69) is 15.5 Å². The van der Waals surface area contributed by atoms with Gasteiger partial charge in [-0.2, -0.15) is 5.10 Å². The van der Waals surface area contributed by atoms with E-state index in [4.69, 9.17) is 10.5 Å². The van der Waals surface area contributed by atoms with Crippen LogP contribution in [0.2, 0.25) is 0 Å². The van der Waals surface area contributed by atoms with Crippen LogP contribution in [0.1, 0.15) is 28.9 Å². The number of benzene rings is 1. The van der Waals surface area contributed by atoms with Crippen molar-refractivity contribution in [1.29, 1.82) is 0 Å². The van der Waals surface area contributed by atoms with E-state index in [1.165, 1.54) is 0 Å². The molecule has 0 fully saturated rings. The summed E-state index contributed by atoms with van der Waals surface area (Å²) >= 11 is 0. The summed E-state index contributed by atoms with van der Waals surface area (Å²) in [5, 5.41) is 9.39. The molecule has 0 saturated heterocycles. The molecule has 1 atom stereocenters. The van der Waals surface area contributed by atoms with Crippen LogP contribution in [0.5, 0.6) is 5.75 Å². The molecule has 21 heavy (non-hydrogen) atoms. The number of carbonyl (C=O) groups is 2. The maximum absolute atomic E-state index is 12.1. The first-order valence-electron chi connectivity index (χ1n) is 6.37. The quantitative estimate of drug-likeness (QED) is 0.729. The minimum atomic E-state index is -0.550. The number of nitrogens with one attached hydrogen (secondary N) is 2. The lowest BCUT2D eigenvalue weighted by atomic mass is 10.1. The lowest BCUT2D eigenvalue weighted by Crippen LogP contribution is -2.26. The number of carbonyl (C=O) groups excluding carboxylic acids is 2. The Morgan fingerprint density at radius 1 is 1.38 bits per heavy atom. The largest absolute Gasteiger partial charge is 0.484 e. The van der Waals surface area contributed by atoms with Crippen molar-refractivity contribution in [3.8, 4) is 5.75 Å². The molecule has 0 spiro atoms. The molecule has 0 aliphatic rings. The van der Waals surface area contributed by atoms with E-state index < -0.39 is 5.91 Å². The van der Waals surface area contributed by atoms with E-state index in [1.807, 2.05) is 6.92 Å². The van der Waals surface area contributed by atoms with Crippen molar-refractivity contribution in [1.82, 2.24) is 15.5 Å². The van der Waals surface area contributed by atoms with Crippen LogP contribution in [0.4, 0.5) is 0 Å². The van der Waals surface area contributed by atoms with E-state index in [1.54, 1.807) is 36.7 Å². The number of amides is 2. The molecule has 1 heterocycles. The van der Waals surface area contributed by atoms with E-state index in [9.17, 15) is 9.59 Å².